The molecule has 0 amide bonds. The first-order chi connectivity index (χ1) is 12.2. The van der Waals surface area contributed by atoms with E-state index in [0.29, 0.717) is 0 Å². The molecule has 4 nitrogen and oxygen atoms in total. The van der Waals surface area contributed by atoms with Crippen molar-refractivity contribution >= 4 is 29.6 Å². The van der Waals surface area contributed by atoms with E-state index in [1.165, 1.54) is 5.22 Å². The number of aromatic nitrogens is 2. The number of fused-ring (bicyclic) bond motifs is 1. The first kappa shape index (κ1) is 16.4. The monoisotopic (exact) mass is 355 g/mol. The minimum absolute atomic E-state index is 0.221. The molecule has 1 saturated heterocycles. The molecule has 130 valence electrons. The molecule has 4 rings (SSSR count). The van der Waals surface area contributed by atoms with E-state index in [2.05, 4.69) is 36.1 Å². The van der Waals surface area contributed by atoms with E-state index in [9.17, 15) is 0 Å². The molecule has 0 saturated carbocycles. The molecule has 1 atom stereocenters. The second-order valence-electron chi connectivity index (χ2n) is 6.51. The van der Waals surface area contributed by atoms with Crippen LogP contribution in [0, 0.1) is 0 Å². The summed E-state index contributed by atoms with van der Waals surface area (Å²) < 4.78 is 7.74. The third kappa shape index (κ3) is 3.37. The summed E-state index contributed by atoms with van der Waals surface area (Å²) in [5.74, 6) is 1.03. The van der Waals surface area contributed by atoms with Crippen molar-refractivity contribution in [2.45, 2.75) is 25.9 Å². The third-order valence-electron chi connectivity index (χ3n) is 4.62. The molecule has 1 aliphatic carbocycles. The molecule has 0 N–H and O–H groups in total. The Hall–Kier alpha value is -2.04. The van der Waals surface area contributed by atoms with Gasteiger partial charge in [0.1, 0.15) is 0 Å². The molecule has 2 aliphatic rings. The lowest BCUT2D eigenvalue weighted by atomic mass is 10.2. The Kier molecular flexibility index (Phi) is 4.64. The van der Waals surface area contributed by atoms with Gasteiger partial charge in [-0.1, -0.05) is 29.8 Å². The molecule has 1 fully saturated rings. The molecular formula is C20H22ClN3O. The van der Waals surface area contributed by atoms with E-state index in [1.54, 1.807) is 0 Å². The van der Waals surface area contributed by atoms with Crippen LogP contribution in [0.2, 0.25) is 5.02 Å². The lowest BCUT2D eigenvalue weighted by molar-refractivity contribution is 0.0528. The Labute approximate surface area is 152 Å². The fourth-order valence-electron chi connectivity index (χ4n) is 3.39. The van der Waals surface area contributed by atoms with E-state index in [4.69, 9.17) is 21.4 Å². The number of allylic oxidation sites excluding steroid dienone is 2. The third-order valence-corrected chi connectivity index (χ3v) is 4.87. The van der Waals surface area contributed by atoms with E-state index < -0.39 is 0 Å². The van der Waals surface area contributed by atoms with Gasteiger partial charge < -0.3 is 9.64 Å². The molecule has 1 unspecified atom stereocenters. The molecule has 25 heavy (non-hydrogen) atoms. The molecule has 2 aromatic rings. The molecular weight excluding hydrogens is 334 g/mol. The van der Waals surface area contributed by atoms with Gasteiger partial charge in [-0.05, 0) is 50.1 Å². The largest absolute Gasteiger partial charge is 0.375 e. The summed E-state index contributed by atoms with van der Waals surface area (Å²) in [7, 11) is 0. The average molecular weight is 356 g/mol. The number of anilines is 1. The predicted molar refractivity (Wildman–Crippen MR) is 103 cm³/mol. The Morgan fingerprint density at radius 2 is 2.04 bits per heavy atom. The number of ether oxygens (including phenoxy) is 1. The van der Waals surface area contributed by atoms with E-state index in [-0.39, 0.29) is 6.10 Å². The number of nitrogens with zero attached hydrogens (tertiary/aromatic N) is 3. The first-order valence-electron chi connectivity index (χ1n) is 8.81. The van der Waals surface area contributed by atoms with Crippen LogP contribution in [-0.2, 0) is 4.74 Å². The standard InChI is InChI=1S/C20H22ClN3O/c1-15-14-23(12-13-25-15)20-18-6-4-2-3-5-7-19(18)24(22-20)17-10-8-16(21)9-11-17/h2,4,6-11,15H,3,5,12-14H2,1H3/b4-2-,18-6+,19-7-. The summed E-state index contributed by atoms with van der Waals surface area (Å²) in [6.07, 6.45) is 11.1. The summed E-state index contributed by atoms with van der Waals surface area (Å²) >= 11 is 6.06. The zero-order valence-electron chi connectivity index (χ0n) is 14.4. The summed E-state index contributed by atoms with van der Waals surface area (Å²) in [5.41, 5.74) is 1.03. The van der Waals surface area contributed by atoms with Gasteiger partial charge in [0.2, 0.25) is 0 Å². The van der Waals surface area contributed by atoms with Gasteiger partial charge in [-0.3, -0.25) is 0 Å². The highest BCUT2D eigenvalue weighted by Gasteiger charge is 2.21. The van der Waals surface area contributed by atoms with Crippen molar-refractivity contribution in [2.24, 2.45) is 0 Å². The summed E-state index contributed by atoms with van der Waals surface area (Å²) in [6.45, 7) is 4.58. The molecule has 0 bridgehead atoms. The van der Waals surface area contributed by atoms with Crippen molar-refractivity contribution in [3.05, 3.63) is 52.0 Å². The maximum atomic E-state index is 6.06. The maximum absolute atomic E-state index is 6.06. The normalized spacial score (nSPS) is 24.2. The first-order valence-corrected chi connectivity index (χ1v) is 9.19. The van der Waals surface area contributed by atoms with Gasteiger partial charge in [0.25, 0.3) is 0 Å². The van der Waals surface area contributed by atoms with E-state index in [0.717, 1.165) is 54.4 Å². The van der Waals surface area contributed by atoms with Crippen LogP contribution in [-0.4, -0.2) is 35.6 Å². The van der Waals surface area contributed by atoms with Gasteiger partial charge in [0, 0.05) is 23.3 Å². The number of benzene rings is 1. The fraction of sp³-hybridized carbons (Fsp3) is 0.350. The highest BCUT2D eigenvalue weighted by Crippen LogP contribution is 2.15. The van der Waals surface area contributed by atoms with Crippen LogP contribution < -0.4 is 15.5 Å². The van der Waals surface area contributed by atoms with E-state index in [1.807, 2.05) is 28.9 Å². The number of hydrogen-bond acceptors (Lipinski definition) is 3. The summed E-state index contributed by atoms with van der Waals surface area (Å²) in [5, 5.41) is 8.05. The van der Waals surface area contributed by atoms with Crippen LogP contribution in [0.1, 0.15) is 19.8 Å². The predicted octanol–water partition coefficient (Wildman–Crippen LogP) is 2.66. The molecule has 1 aromatic heterocycles. The van der Waals surface area contributed by atoms with Crippen LogP contribution in [0.15, 0.2) is 36.4 Å². The van der Waals surface area contributed by atoms with Crippen LogP contribution in [0.4, 0.5) is 5.82 Å². The number of rotatable bonds is 2. The topological polar surface area (TPSA) is 30.3 Å². The van der Waals surface area contributed by atoms with Gasteiger partial charge in [-0.2, -0.15) is 0 Å². The van der Waals surface area contributed by atoms with Crippen LogP contribution in [0.25, 0.3) is 17.8 Å². The quantitative estimate of drug-likeness (QED) is 0.829. The highest BCUT2D eigenvalue weighted by molar-refractivity contribution is 6.30. The summed E-state index contributed by atoms with van der Waals surface area (Å²) in [4.78, 5) is 2.33. The zero-order chi connectivity index (χ0) is 17.2. The highest BCUT2D eigenvalue weighted by atomic mass is 35.5. The Bertz CT molecular complexity index is 898. The number of halogens is 1. The Morgan fingerprint density at radius 1 is 1.20 bits per heavy atom. The minimum atomic E-state index is 0.221. The van der Waals surface area contributed by atoms with Gasteiger partial charge in [-0.15, -0.1) is 5.10 Å². The van der Waals surface area contributed by atoms with Gasteiger partial charge >= 0.3 is 0 Å². The number of morpholine rings is 1. The fourth-order valence-corrected chi connectivity index (χ4v) is 3.51. The summed E-state index contributed by atoms with van der Waals surface area (Å²) in [6, 6.07) is 7.86. The van der Waals surface area contributed by atoms with Crippen molar-refractivity contribution in [1.29, 1.82) is 0 Å². The molecule has 0 spiro atoms. The molecule has 1 aliphatic heterocycles. The van der Waals surface area contributed by atoms with Crippen LogP contribution >= 0.6 is 11.6 Å². The van der Waals surface area contributed by atoms with Crippen molar-refractivity contribution in [3.63, 3.8) is 0 Å². The Balaban J connectivity index is 1.89. The van der Waals surface area contributed by atoms with Crippen molar-refractivity contribution < 1.29 is 4.74 Å². The molecule has 5 heteroatoms. The van der Waals surface area contributed by atoms with Crippen LogP contribution in [0.5, 0.6) is 0 Å². The van der Waals surface area contributed by atoms with Crippen molar-refractivity contribution in [1.82, 2.24) is 9.78 Å². The van der Waals surface area contributed by atoms with Gasteiger partial charge in [0.05, 0.1) is 23.7 Å². The second kappa shape index (κ2) is 7.06. The number of hydrogen-bond donors (Lipinski definition) is 0. The average Bonchev–Trinajstić information content (AvgIpc) is 2.93. The molecule has 0 radical (unpaired) electrons. The van der Waals surface area contributed by atoms with Gasteiger partial charge in [0.15, 0.2) is 5.82 Å². The Morgan fingerprint density at radius 3 is 2.84 bits per heavy atom. The smallest absolute Gasteiger partial charge is 0.159 e. The SMILES string of the molecule is CC1CN(c2nn(-c3ccc(Cl)cc3)c3/c2=C\C=C/CC/C=3)CCO1. The van der Waals surface area contributed by atoms with E-state index >= 15 is 0 Å². The van der Waals surface area contributed by atoms with Crippen molar-refractivity contribution in [3.8, 4) is 5.69 Å². The molecule has 2 heterocycles. The van der Waals surface area contributed by atoms with Crippen molar-refractivity contribution in [2.75, 3.05) is 24.6 Å². The van der Waals surface area contributed by atoms with Gasteiger partial charge in [-0.25, -0.2) is 4.68 Å². The molecule has 1 aromatic carbocycles. The second-order valence-corrected chi connectivity index (χ2v) is 6.95. The zero-order valence-corrected chi connectivity index (χ0v) is 15.1. The lowest BCUT2D eigenvalue weighted by Gasteiger charge is -2.31. The lowest BCUT2D eigenvalue weighted by Crippen LogP contribution is -2.44. The maximum Gasteiger partial charge on any atom is 0.159 e. The minimum Gasteiger partial charge on any atom is -0.375 e. The van der Waals surface area contributed by atoms with Crippen LogP contribution in [0.3, 0.4) is 0 Å².